The van der Waals surface area contributed by atoms with Gasteiger partial charge in [-0.1, -0.05) is 46.8 Å². The van der Waals surface area contributed by atoms with Gasteiger partial charge in [-0.25, -0.2) is 0 Å². The first kappa shape index (κ1) is 14.3. The van der Waals surface area contributed by atoms with Gasteiger partial charge in [-0.05, 0) is 42.5 Å². The fourth-order valence-corrected chi connectivity index (χ4v) is 3.41. The average Bonchev–Trinajstić information content (AvgIpc) is 2.41. The van der Waals surface area contributed by atoms with Crippen LogP contribution in [0.4, 0.5) is 0 Å². The highest BCUT2D eigenvalue weighted by atomic mass is 79.9. The predicted octanol–water partition coefficient (Wildman–Crippen LogP) is 4.04. The van der Waals surface area contributed by atoms with E-state index < -0.39 is 6.10 Å². The minimum atomic E-state index is -0.486. The van der Waals surface area contributed by atoms with E-state index in [1.54, 1.807) is 0 Å². The van der Waals surface area contributed by atoms with Crippen molar-refractivity contribution in [2.45, 2.75) is 44.2 Å². The van der Waals surface area contributed by atoms with E-state index in [0.29, 0.717) is 10.9 Å². The van der Waals surface area contributed by atoms with Crippen LogP contribution in [0.1, 0.15) is 43.7 Å². The van der Waals surface area contributed by atoms with E-state index in [0.717, 1.165) is 22.9 Å². The molecule has 18 heavy (non-hydrogen) atoms. The maximum atomic E-state index is 10.4. The Kier molecular flexibility index (Phi) is 5.07. The van der Waals surface area contributed by atoms with Crippen molar-refractivity contribution in [2.24, 2.45) is 11.7 Å². The van der Waals surface area contributed by atoms with Crippen molar-refractivity contribution in [1.82, 2.24) is 0 Å². The number of rotatable bonds is 3. The molecule has 2 nitrogen and oxygen atoms in total. The van der Waals surface area contributed by atoms with Crippen LogP contribution >= 0.6 is 27.5 Å². The molecular weight excluding hydrogens is 314 g/mol. The van der Waals surface area contributed by atoms with Gasteiger partial charge in [-0.3, -0.25) is 0 Å². The molecule has 2 rings (SSSR count). The topological polar surface area (TPSA) is 46.2 Å². The lowest BCUT2D eigenvalue weighted by Gasteiger charge is -2.31. The van der Waals surface area contributed by atoms with Gasteiger partial charge in [0, 0.05) is 9.50 Å². The number of hydrogen-bond acceptors (Lipinski definition) is 2. The van der Waals surface area contributed by atoms with Gasteiger partial charge in [0.1, 0.15) is 0 Å². The SMILES string of the molecule is N[C@H](c1cc(Cl)ccc1Br)[C@@H](O)C1CCCCC1. The second-order valence-electron chi connectivity index (χ2n) is 5.08. The largest absolute Gasteiger partial charge is 0.391 e. The third-order valence-corrected chi connectivity index (χ3v) is 4.78. The highest BCUT2D eigenvalue weighted by molar-refractivity contribution is 9.10. The Bertz CT molecular complexity index is 407. The molecule has 1 fully saturated rings. The number of hydrogen-bond donors (Lipinski definition) is 2. The highest BCUT2D eigenvalue weighted by Crippen LogP contribution is 2.34. The molecule has 0 unspecified atom stereocenters. The van der Waals surface area contributed by atoms with Gasteiger partial charge in [0.25, 0.3) is 0 Å². The second-order valence-corrected chi connectivity index (χ2v) is 6.37. The lowest BCUT2D eigenvalue weighted by molar-refractivity contribution is 0.0616. The first-order valence-electron chi connectivity index (χ1n) is 6.48. The van der Waals surface area contributed by atoms with Crippen molar-refractivity contribution in [2.75, 3.05) is 0 Å². The van der Waals surface area contributed by atoms with Crippen LogP contribution < -0.4 is 5.73 Å². The smallest absolute Gasteiger partial charge is 0.0761 e. The van der Waals surface area contributed by atoms with Crippen LogP contribution in [0, 0.1) is 5.92 Å². The fourth-order valence-electron chi connectivity index (χ4n) is 2.72. The third kappa shape index (κ3) is 3.27. The zero-order chi connectivity index (χ0) is 13.1. The molecule has 0 aromatic heterocycles. The van der Waals surface area contributed by atoms with Crippen molar-refractivity contribution >= 4 is 27.5 Å². The molecule has 4 heteroatoms. The molecule has 0 aliphatic heterocycles. The molecule has 0 spiro atoms. The Morgan fingerprint density at radius 2 is 1.94 bits per heavy atom. The summed E-state index contributed by atoms with van der Waals surface area (Å²) in [5, 5.41) is 11.1. The van der Waals surface area contributed by atoms with Gasteiger partial charge in [-0.15, -0.1) is 0 Å². The summed E-state index contributed by atoms with van der Waals surface area (Å²) in [7, 11) is 0. The summed E-state index contributed by atoms with van der Waals surface area (Å²) in [5.41, 5.74) is 7.09. The number of aliphatic hydroxyl groups is 1. The van der Waals surface area contributed by atoms with Crippen LogP contribution in [0.25, 0.3) is 0 Å². The number of aliphatic hydroxyl groups excluding tert-OH is 1. The van der Waals surface area contributed by atoms with E-state index in [9.17, 15) is 5.11 Å². The molecule has 0 radical (unpaired) electrons. The summed E-state index contributed by atoms with van der Waals surface area (Å²) < 4.78 is 0.911. The van der Waals surface area contributed by atoms with Gasteiger partial charge >= 0.3 is 0 Å². The lowest BCUT2D eigenvalue weighted by Crippen LogP contribution is -2.34. The van der Waals surface area contributed by atoms with Crippen LogP contribution in [0.5, 0.6) is 0 Å². The van der Waals surface area contributed by atoms with Crippen LogP contribution in [0.3, 0.4) is 0 Å². The summed E-state index contributed by atoms with van der Waals surface area (Å²) >= 11 is 9.47. The molecular formula is C14H19BrClNO. The summed E-state index contributed by atoms with van der Waals surface area (Å²) in [6.07, 6.45) is 5.34. The molecule has 1 aromatic rings. The van der Waals surface area contributed by atoms with Crippen molar-refractivity contribution < 1.29 is 5.11 Å². The van der Waals surface area contributed by atoms with Gasteiger partial charge in [0.15, 0.2) is 0 Å². The molecule has 3 N–H and O–H groups in total. The van der Waals surface area contributed by atoms with Crippen LogP contribution in [-0.2, 0) is 0 Å². The monoisotopic (exact) mass is 331 g/mol. The summed E-state index contributed by atoms with van der Waals surface area (Å²) in [5.74, 6) is 0.319. The quantitative estimate of drug-likeness (QED) is 0.877. The Hall–Kier alpha value is -0.0900. The van der Waals surface area contributed by atoms with Gasteiger partial charge in [0.05, 0.1) is 12.1 Å². The second kappa shape index (κ2) is 6.38. The van der Waals surface area contributed by atoms with Crippen LogP contribution in [0.2, 0.25) is 5.02 Å². The lowest BCUT2D eigenvalue weighted by atomic mass is 9.81. The molecule has 1 aliphatic carbocycles. The highest BCUT2D eigenvalue weighted by Gasteiger charge is 2.28. The first-order chi connectivity index (χ1) is 8.59. The van der Waals surface area contributed by atoms with E-state index in [1.165, 1.54) is 19.3 Å². The molecule has 0 saturated heterocycles. The molecule has 1 saturated carbocycles. The van der Waals surface area contributed by atoms with Crippen molar-refractivity contribution in [3.05, 3.63) is 33.3 Å². The predicted molar refractivity (Wildman–Crippen MR) is 78.7 cm³/mol. The molecule has 0 bridgehead atoms. The van der Waals surface area contributed by atoms with Crippen molar-refractivity contribution in [3.8, 4) is 0 Å². The molecule has 100 valence electrons. The zero-order valence-corrected chi connectivity index (χ0v) is 12.6. The Morgan fingerprint density at radius 3 is 2.61 bits per heavy atom. The Morgan fingerprint density at radius 1 is 1.28 bits per heavy atom. The fraction of sp³-hybridized carbons (Fsp3) is 0.571. The van der Waals surface area contributed by atoms with E-state index in [2.05, 4.69) is 15.9 Å². The minimum absolute atomic E-state index is 0.319. The third-order valence-electron chi connectivity index (χ3n) is 3.82. The van der Waals surface area contributed by atoms with E-state index in [-0.39, 0.29) is 6.04 Å². The van der Waals surface area contributed by atoms with Crippen molar-refractivity contribution in [1.29, 1.82) is 0 Å². The Balaban J connectivity index is 2.13. The standard InChI is InChI=1S/C14H19BrClNO/c15-12-7-6-10(16)8-11(12)13(17)14(18)9-4-2-1-3-5-9/h6-9,13-14,18H,1-5,17H2/t13-,14+/m1/s1. The van der Waals surface area contributed by atoms with Gasteiger partial charge < -0.3 is 10.8 Å². The molecule has 2 atom stereocenters. The number of benzene rings is 1. The molecule has 0 amide bonds. The summed E-state index contributed by atoms with van der Waals surface area (Å²) in [6.45, 7) is 0. The summed E-state index contributed by atoms with van der Waals surface area (Å²) in [6, 6.07) is 5.16. The molecule has 1 aliphatic rings. The first-order valence-corrected chi connectivity index (χ1v) is 7.65. The van der Waals surface area contributed by atoms with Gasteiger partial charge in [-0.2, -0.15) is 0 Å². The van der Waals surface area contributed by atoms with Crippen molar-refractivity contribution in [3.63, 3.8) is 0 Å². The maximum absolute atomic E-state index is 10.4. The maximum Gasteiger partial charge on any atom is 0.0761 e. The van der Waals surface area contributed by atoms with Crippen LogP contribution in [0.15, 0.2) is 22.7 Å². The van der Waals surface area contributed by atoms with E-state index in [1.807, 2.05) is 18.2 Å². The Labute approximate surface area is 122 Å². The average molecular weight is 333 g/mol. The van der Waals surface area contributed by atoms with Gasteiger partial charge in [0.2, 0.25) is 0 Å². The van der Waals surface area contributed by atoms with E-state index >= 15 is 0 Å². The normalized spacial score (nSPS) is 20.7. The zero-order valence-electron chi connectivity index (χ0n) is 10.3. The summed E-state index contributed by atoms with van der Waals surface area (Å²) in [4.78, 5) is 0. The minimum Gasteiger partial charge on any atom is -0.391 e. The van der Waals surface area contributed by atoms with E-state index in [4.69, 9.17) is 17.3 Å². The number of halogens is 2. The number of nitrogens with two attached hydrogens (primary N) is 1. The molecule has 0 heterocycles. The van der Waals surface area contributed by atoms with Crippen LogP contribution in [-0.4, -0.2) is 11.2 Å². The molecule has 1 aromatic carbocycles.